The van der Waals surface area contributed by atoms with E-state index in [0.29, 0.717) is 6.54 Å². The van der Waals surface area contributed by atoms with Crippen LogP contribution in [0.5, 0.6) is 5.75 Å². The van der Waals surface area contributed by atoms with Crippen molar-refractivity contribution in [3.63, 3.8) is 0 Å². The lowest BCUT2D eigenvalue weighted by atomic mass is 9.94. The first kappa shape index (κ1) is 12.2. The molecule has 0 aliphatic carbocycles. The Labute approximate surface area is 114 Å². The molecule has 2 nitrogen and oxygen atoms in total. The molecule has 2 N–H and O–H groups in total. The summed E-state index contributed by atoms with van der Waals surface area (Å²) in [4.78, 5) is 0. The van der Waals surface area contributed by atoms with Crippen molar-refractivity contribution in [1.29, 1.82) is 0 Å². The summed E-state index contributed by atoms with van der Waals surface area (Å²) >= 11 is 0. The molecule has 0 bridgehead atoms. The van der Waals surface area contributed by atoms with Gasteiger partial charge < -0.3 is 10.5 Å². The minimum Gasteiger partial charge on any atom is -0.493 e. The Bertz CT molecular complexity index is 604. The van der Waals surface area contributed by atoms with Crippen LogP contribution in [0.2, 0.25) is 0 Å². The first-order valence-electron chi connectivity index (χ1n) is 6.84. The maximum Gasteiger partial charge on any atom is 0.130 e. The molecule has 0 fully saturated rings. The molecule has 0 aromatic heterocycles. The fraction of sp³-hybridized carbons (Fsp3) is 0.294. The molecular formula is C17H19NO. The summed E-state index contributed by atoms with van der Waals surface area (Å²) in [6, 6.07) is 12.9. The van der Waals surface area contributed by atoms with Crippen molar-refractivity contribution in [2.45, 2.75) is 26.3 Å². The molecule has 0 spiro atoms. The Kier molecular flexibility index (Phi) is 3.26. The Hall–Kier alpha value is -1.80. The molecule has 1 aliphatic heterocycles. The summed E-state index contributed by atoms with van der Waals surface area (Å²) in [5.41, 5.74) is 11.9. The van der Waals surface area contributed by atoms with Crippen molar-refractivity contribution in [3.8, 4) is 16.9 Å². The highest BCUT2D eigenvalue weighted by Gasteiger charge is 2.16. The summed E-state index contributed by atoms with van der Waals surface area (Å²) in [5.74, 6) is 1.07. The van der Waals surface area contributed by atoms with Gasteiger partial charge in [-0.1, -0.05) is 36.4 Å². The minimum atomic E-state index is 0.588. The molecule has 2 aromatic rings. The first-order valence-corrected chi connectivity index (χ1v) is 6.84. The van der Waals surface area contributed by atoms with Crippen LogP contribution in [0, 0.1) is 6.92 Å². The van der Waals surface area contributed by atoms with E-state index in [1.807, 2.05) is 0 Å². The van der Waals surface area contributed by atoms with Gasteiger partial charge in [0.15, 0.2) is 0 Å². The highest BCUT2D eigenvalue weighted by Crippen LogP contribution is 2.37. The van der Waals surface area contributed by atoms with Crippen LogP contribution in [0.25, 0.3) is 11.1 Å². The van der Waals surface area contributed by atoms with Crippen LogP contribution in [-0.2, 0) is 13.0 Å². The average molecular weight is 253 g/mol. The van der Waals surface area contributed by atoms with Gasteiger partial charge in [-0.05, 0) is 42.0 Å². The normalized spacial score (nSPS) is 13.8. The Morgan fingerprint density at radius 1 is 1.16 bits per heavy atom. The molecule has 0 saturated heterocycles. The van der Waals surface area contributed by atoms with Gasteiger partial charge in [-0.15, -0.1) is 0 Å². The third-order valence-corrected chi connectivity index (χ3v) is 3.75. The standard InChI is InChI=1S/C17H19NO/c1-12-10-13(11-18)7-8-15(12)16-6-2-4-14-5-3-9-19-17(14)16/h2,4,6-8,10H,3,5,9,11,18H2,1H3. The largest absolute Gasteiger partial charge is 0.493 e. The Morgan fingerprint density at radius 3 is 2.84 bits per heavy atom. The third-order valence-electron chi connectivity index (χ3n) is 3.75. The molecule has 2 heteroatoms. The van der Waals surface area contributed by atoms with Crippen LogP contribution in [-0.4, -0.2) is 6.61 Å². The van der Waals surface area contributed by atoms with E-state index >= 15 is 0 Å². The van der Waals surface area contributed by atoms with Crippen LogP contribution in [0.1, 0.15) is 23.1 Å². The zero-order valence-corrected chi connectivity index (χ0v) is 11.3. The molecule has 0 amide bonds. The van der Waals surface area contributed by atoms with Gasteiger partial charge in [0.05, 0.1) is 6.61 Å². The van der Waals surface area contributed by atoms with E-state index < -0.39 is 0 Å². The lowest BCUT2D eigenvalue weighted by Gasteiger charge is -2.21. The second-order valence-corrected chi connectivity index (χ2v) is 5.10. The van der Waals surface area contributed by atoms with E-state index in [1.165, 1.54) is 27.8 Å². The molecule has 19 heavy (non-hydrogen) atoms. The zero-order valence-electron chi connectivity index (χ0n) is 11.3. The molecule has 0 saturated carbocycles. The van der Waals surface area contributed by atoms with Gasteiger partial charge in [0, 0.05) is 12.1 Å². The van der Waals surface area contributed by atoms with Crippen LogP contribution in [0.3, 0.4) is 0 Å². The number of rotatable bonds is 2. The van der Waals surface area contributed by atoms with Crippen LogP contribution >= 0.6 is 0 Å². The number of aryl methyl sites for hydroxylation is 2. The number of ether oxygens (including phenoxy) is 1. The summed E-state index contributed by atoms with van der Waals surface area (Å²) < 4.78 is 5.90. The minimum absolute atomic E-state index is 0.588. The first-order chi connectivity index (χ1) is 9.29. The molecular weight excluding hydrogens is 234 g/mol. The van der Waals surface area contributed by atoms with Gasteiger partial charge in [-0.25, -0.2) is 0 Å². The zero-order chi connectivity index (χ0) is 13.2. The van der Waals surface area contributed by atoms with E-state index in [-0.39, 0.29) is 0 Å². The molecule has 98 valence electrons. The molecule has 1 heterocycles. The quantitative estimate of drug-likeness (QED) is 0.889. The second-order valence-electron chi connectivity index (χ2n) is 5.10. The lowest BCUT2D eigenvalue weighted by Crippen LogP contribution is -2.09. The van der Waals surface area contributed by atoms with Crippen LogP contribution in [0.4, 0.5) is 0 Å². The maximum absolute atomic E-state index is 5.90. The second kappa shape index (κ2) is 5.06. The summed E-state index contributed by atoms with van der Waals surface area (Å²) in [7, 11) is 0. The van der Waals surface area contributed by atoms with Crippen molar-refractivity contribution < 1.29 is 4.74 Å². The Morgan fingerprint density at radius 2 is 2.05 bits per heavy atom. The third kappa shape index (κ3) is 2.24. The monoisotopic (exact) mass is 253 g/mol. The van der Waals surface area contributed by atoms with Crippen molar-refractivity contribution in [1.82, 2.24) is 0 Å². The van der Waals surface area contributed by atoms with Gasteiger partial charge >= 0.3 is 0 Å². The molecule has 0 atom stereocenters. The van der Waals surface area contributed by atoms with Gasteiger partial charge in [-0.3, -0.25) is 0 Å². The van der Waals surface area contributed by atoms with E-state index in [4.69, 9.17) is 10.5 Å². The predicted octanol–water partition coefficient (Wildman–Crippen LogP) is 3.45. The number of hydrogen-bond donors (Lipinski definition) is 1. The molecule has 3 rings (SSSR count). The number of nitrogens with two attached hydrogens (primary N) is 1. The smallest absolute Gasteiger partial charge is 0.130 e. The molecule has 0 unspecified atom stereocenters. The van der Waals surface area contributed by atoms with E-state index in [1.54, 1.807) is 0 Å². The highest BCUT2D eigenvalue weighted by molar-refractivity contribution is 5.75. The van der Waals surface area contributed by atoms with Crippen LogP contribution in [0.15, 0.2) is 36.4 Å². The highest BCUT2D eigenvalue weighted by atomic mass is 16.5. The van der Waals surface area contributed by atoms with Gasteiger partial charge in [0.2, 0.25) is 0 Å². The number of fused-ring (bicyclic) bond motifs is 1. The van der Waals surface area contributed by atoms with Gasteiger partial charge in [0.25, 0.3) is 0 Å². The van der Waals surface area contributed by atoms with Gasteiger partial charge in [-0.2, -0.15) is 0 Å². The number of hydrogen-bond acceptors (Lipinski definition) is 2. The molecule has 2 aromatic carbocycles. The van der Waals surface area contributed by atoms with E-state index in [0.717, 1.165) is 25.2 Å². The van der Waals surface area contributed by atoms with Gasteiger partial charge in [0.1, 0.15) is 5.75 Å². The van der Waals surface area contributed by atoms with E-state index in [2.05, 4.69) is 43.3 Å². The molecule has 1 aliphatic rings. The number of benzene rings is 2. The topological polar surface area (TPSA) is 35.2 Å². The fourth-order valence-corrected chi connectivity index (χ4v) is 2.76. The van der Waals surface area contributed by atoms with E-state index in [9.17, 15) is 0 Å². The summed E-state index contributed by atoms with van der Waals surface area (Å²) in [5, 5.41) is 0. The fourth-order valence-electron chi connectivity index (χ4n) is 2.76. The lowest BCUT2D eigenvalue weighted by molar-refractivity contribution is 0.289. The Balaban J connectivity index is 2.12. The van der Waals surface area contributed by atoms with Crippen LogP contribution < -0.4 is 10.5 Å². The summed E-state index contributed by atoms with van der Waals surface area (Å²) in [6.07, 6.45) is 2.23. The van der Waals surface area contributed by atoms with Crippen molar-refractivity contribution in [3.05, 3.63) is 53.1 Å². The van der Waals surface area contributed by atoms with Crippen molar-refractivity contribution in [2.75, 3.05) is 6.61 Å². The average Bonchev–Trinajstić information content (AvgIpc) is 2.46. The summed E-state index contributed by atoms with van der Waals surface area (Å²) in [6.45, 7) is 3.55. The maximum atomic E-state index is 5.90. The van der Waals surface area contributed by atoms with Crippen molar-refractivity contribution in [2.24, 2.45) is 5.73 Å². The van der Waals surface area contributed by atoms with Crippen molar-refractivity contribution >= 4 is 0 Å². The molecule has 0 radical (unpaired) electrons. The predicted molar refractivity (Wildman–Crippen MR) is 78.3 cm³/mol. The SMILES string of the molecule is Cc1cc(CN)ccc1-c1cccc2c1OCCC2. The number of para-hydroxylation sites is 1.